The monoisotopic (exact) mass is 267 g/mol. The second kappa shape index (κ2) is 5.10. The predicted molar refractivity (Wildman–Crippen MR) is 77.5 cm³/mol. The SMILES string of the molecule is O=C(O)C1CCC(c2ccccc2)(c2ccccc2)N1. The van der Waals surface area contributed by atoms with Crippen molar-refractivity contribution in [1.29, 1.82) is 0 Å². The van der Waals surface area contributed by atoms with Crippen molar-refractivity contribution in [1.82, 2.24) is 5.32 Å². The molecule has 1 aliphatic rings. The molecule has 2 aromatic rings. The lowest BCUT2D eigenvalue weighted by Gasteiger charge is -2.31. The van der Waals surface area contributed by atoms with Gasteiger partial charge in [-0.25, -0.2) is 0 Å². The topological polar surface area (TPSA) is 49.3 Å². The highest BCUT2D eigenvalue weighted by Crippen LogP contribution is 2.39. The number of carboxylic acid groups (broad SMARTS) is 1. The van der Waals surface area contributed by atoms with E-state index in [0.29, 0.717) is 6.42 Å². The Bertz CT molecular complexity index is 555. The fourth-order valence-electron chi connectivity index (χ4n) is 3.06. The Hall–Kier alpha value is -2.13. The van der Waals surface area contributed by atoms with Crippen molar-refractivity contribution in [3.8, 4) is 0 Å². The summed E-state index contributed by atoms with van der Waals surface area (Å²) in [6, 6.07) is 19.7. The molecule has 2 aromatic carbocycles. The first kappa shape index (κ1) is 12.9. The number of hydrogen-bond donors (Lipinski definition) is 2. The smallest absolute Gasteiger partial charge is 0.320 e. The van der Waals surface area contributed by atoms with Gasteiger partial charge in [0.1, 0.15) is 6.04 Å². The first-order chi connectivity index (χ1) is 9.72. The first-order valence-electron chi connectivity index (χ1n) is 6.84. The Balaban J connectivity index is 2.08. The second-order valence-corrected chi connectivity index (χ2v) is 5.21. The van der Waals surface area contributed by atoms with E-state index in [0.717, 1.165) is 17.5 Å². The fraction of sp³-hybridized carbons (Fsp3) is 0.235. The zero-order valence-corrected chi connectivity index (χ0v) is 11.1. The maximum absolute atomic E-state index is 11.3. The van der Waals surface area contributed by atoms with Crippen molar-refractivity contribution >= 4 is 5.97 Å². The number of carboxylic acids is 1. The Morgan fingerprint density at radius 1 is 1.00 bits per heavy atom. The van der Waals surface area contributed by atoms with Crippen LogP contribution in [-0.4, -0.2) is 17.1 Å². The van der Waals surface area contributed by atoms with E-state index >= 15 is 0 Å². The summed E-state index contributed by atoms with van der Waals surface area (Å²) in [5.74, 6) is -0.779. The summed E-state index contributed by atoms with van der Waals surface area (Å²) in [5.41, 5.74) is 1.84. The van der Waals surface area contributed by atoms with Crippen LogP contribution in [0.25, 0.3) is 0 Å². The normalized spacial score (nSPS) is 20.7. The molecule has 1 unspecified atom stereocenters. The van der Waals surface area contributed by atoms with Crippen LogP contribution < -0.4 is 5.32 Å². The van der Waals surface area contributed by atoms with Gasteiger partial charge in [0.05, 0.1) is 5.54 Å². The van der Waals surface area contributed by atoms with E-state index in [4.69, 9.17) is 0 Å². The summed E-state index contributed by atoms with van der Waals surface area (Å²) in [6.07, 6.45) is 1.43. The molecule has 0 radical (unpaired) electrons. The largest absolute Gasteiger partial charge is 0.480 e. The van der Waals surface area contributed by atoms with Gasteiger partial charge < -0.3 is 5.11 Å². The third kappa shape index (κ3) is 2.10. The van der Waals surface area contributed by atoms with Crippen LogP contribution in [0, 0.1) is 0 Å². The van der Waals surface area contributed by atoms with Gasteiger partial charge in [0.25, 0.3) is 0 Å². The molecule has 3 heteroatoms. The lowest BCUT2D eigenvalue weighted by Crippen LogP contribution is -2.44. The molecule has 0 amide bonds. The molecule has 0 bridgehead atoms. The van der Waals surface area contributed by atoms with Crippen LogP contribution >= 0.6 is 0 Å². The van der Waals surface area contributed by atoms with Gasteiger partial charge >= 0.3 is 5.97 Å². The number of rotatable bonds is 3. The minimum absolute atomic E-state index is 0.397. The molecule has 3 nitrogen and oxygen atoms in total. The summed E-state index contributed by atoms with van der Waals surface area (Å²) in [5, 5.41) is 12.6. The van der Waals surface area contributed by atoms with Gasteiger partial charge in [0.15, 0.2) is 0 Å². The van der Waals surface area contributed by atoms with Crippen LogP contribution in [0.3, 0.4) is 0 Å². The van der Waals surface area contributed by atoms with Crippen molar-refractivity contribution in [3.05, 3.63) is 71.8 Å². The van der Waals surface area contributed by atoms with Gasteiger partial charge in [0, 0.05) is 0 Å². The average Bonchev–Trinajstić information content (AvgIpc) is 2.96. The summed E-state index contributed by atoms with van der Waals surface area (Å²) < 4.78 is 0. The summed E-state index contributed by atoms with van der Waals surface area (Å²) >= 11 is 0. The molecule has 0 aliphatic carbocycles. The van der Waals surface area contributed by atoms with E-state index in [1.54, 1.807) is 0 Å². The van der Waals surface area contributed by atoms with Crippen LogP contribution in [0.15, 0.2) is 60.7 Å². The second-order valence-electron chi connectivity index (χ2n) is 5.21. The molecule has 1 fully saturated rings. The van der Waals surface area contributed by atoms with Crippen molar-refractivity contribution < 1.29 is 9.90 Å². The molecular formula is C17H17NO2. The zero-order chi connectivity index (χ0) is 14.0. The quantitative estimate of drug-likeness (QED) is 0.899. The molecule has 1 saturated heterocycles. The maximum atomic E-state index is 11.3. The molecule has 1 heterocycles. The molecule has 1 atom stereocenters. The van der Waals surface area contributed by atoms with Crippen LogP contribution in [0.5, 0.6) is 0 Å². The third-order valence-corrected chi connectivity index (χ3v) is 4.06. The van der Waals surface area contributed by atoms with Crippen LogP contribution in [0.1, 0.15) is 24.0 Å². The van der Waals surface area contributed by atoms with E-state index in [-0.39, 0.29) is 0 Å². The Morgan fingerprint density at radius 2 is 1.50 bits per heavy atom. The zero-order valence-electron chi connectivity index (χ0n) is 11.1. The Labute approximate surface area is 118 Å². The summed E-state index contributed by atoms with van der Waals surface area (Å²) in [6.45, 7) is 0. The first-order valence-corrected chi connectivity index (χ1v) is 6.84. The van der Waals surface area contributed by atoms with E-state index in [1.807, 2.05) is 36.4 Å². The number of hydrogen-bond acceptors (Lipinski definition) is 2. The van der Waals surface area contributed by atoms with Crippen molar-refractivity contribution in [2.24, 2.45) is 0 Å². The molecule has 3 rings (SSSR count). The van der Waals surface area contributed by atoms with Gasteiger partial charge in [-0.15, -0.1) is 0 Å². The standard InChI is InChI=1S/C17H17NO2/c19-16(20)15-11-12-17(18-15,13-7-3-1-4-8-13)14-9-5-2-6-10-14/h1-10,15,18H,11-12H2,(H,19,20). The van der Waals surface area contributed by atoms with Gasteiger partial charge in [-0.05, 0) is 24.0 Å². The highest BCUT2D eigenvalue weighted by atomic mass is 16.4. The fourth-order valence-corrected chi connectivity index (χ4v) is 3.06. The molecular weight excluding hydrogens is 250 g/mol. The third-order valence-electron chi connectivity index (χ3n) is 4.06. The summed E-state index contributed by atoms with van der Waals surface area (Å²) in [7, 11) is 0. The molecule has 0 aromatic heterocycles. The number of carbonyl (C=O) groups is 1. The molecule has 0 spiro atoms. The van der Waals surface area contributed by atoms with Crippen LogP contribution in [0.2, 0.25) is 0 Å². The van der Waals surface area contributed by atoms with E-state index < -0.39 is 17.6 Å². The molecule has 2 N–H and O–H groups in total. The molecule has 0 saturated carbocycles. The van der Waals surface area contributed by atoms with E-state index in [1.165, 1.54) is 0 Å². The Kier molecular flexibility index (Phi) is 3.28. The molecule has 1 aliphatic heterocycles. The molecule has 20 heavy (non-hydrogen) atoms. The minimum Gasteiger partial charge on any atom is -0.480 e. The average molecular weight is 267 g/mol. The van der Waals surface area contributed by atoms with Crippen molar-refractivity contribution in [2.75, 3.05) is 0 Å². The Morgan fingerprint density at radius 3 is 1.90 bits per heavy atom. The van der Waals surface area contributed by atoms with Crippen molar-refractivity contribution in [2.45, 2.75) is 24.4 Å². The highest BCUT2D eigenvalue weighted by molar-refractivity contribution is 5.74. The summed E-state index contributed by atoms with van der Waals surface area (Å²) in [4.78, 5) is 11.3. The highest BCUT2D eigenvalue weighted by Gasteiger charge is 2.43. The van der Waals surface area contributed by atoms with E-state index in [2.05, 4.69) is 29.6 Å². The van der Waals surface area contributed by atoms with Crippen LogP contribution in [-0.2, 0) is 10.3 Å². The number of nitrogens with one attached hydrogen (secondary N) is 1. The van der Waals surface area contributed by atoms with Gasteiger partial charge in [0.2, 0.25) is 0 Å². The van der Waals surface area contributed by atoms with Crippen LogP contribution in [0.4, 0.5) is 0 Å². The van der Waals surface area contributed by atoms with Gasteiger partial charge in [-0.1, -0.05) is 60.7 Å². The van der Waals surface area contributed by atoms with Gasteiger partial charge in [-0.2, -0.15) is 0 Å². The van der Waals surface area contributed by atoms with Crippen molar-refractivity contribution in [3.63, 3.8) is 0 Å². The minimum atomic E-state index is -0.779. The lowest BCUT2D eigenvalue weighted by molar-refractivity contribution is -0.139. The predicted octanol–water partition coefficient (Wildman–Crippen LogP) is 2.77. The number of benzene rings is 2. The molecule has 102 valence electrons. The lowest BCUT2D eigenvalue weighted by atomic mass is 9.82. The van der Waals surface area contributed by atoms with E-state index in [9.17, 15) is 9.90 Å². The van der Waals surface area contributed by atoms with Gasteiger partial charge in [-0.3, -0.25) is 10.1 Å². The number of aliphatic carboxylic acids is 1. The maximum Gasteiger partial charge on any atom is 0.320 e.